The van der Waals surface area contributed by atoms with Crippen LogP contribution in [0.1, 0.15) is 26.5 Å². The highest BCUT2D eigenvalue weighted by Crippen LogP contribution is 2.17. The largest absolute Gasteiger partial charge is 0.382 e. The average Bonchev–Trinajstić information content (AvgIpc) is 2.50. The van der Waals surface area contributed by atoms with Crippen LogP contribution in [0.15, 0.2) is 23.3 Å². The van der Waals surface area contributed by atoms with Crippen LogP contribution in [0.2, 0.25) is 0 Å². The lowest BCUT2D eigenvalue weighted by molar-refractivity contribution is 0.396. The summed E-state index contributed by atoms with van der Waals surface area (Å²) in [6.45, 7) is 6.58. The van der Waals surface area contributed by atoms with Crippen molar-refractivity contribution in [3.63, 3.8) is 0 Å². The zero-order valence-corrected chi connectivity index (χ0v) is 8.99. The third-order valence-corrected chi connectivity index (χ3v) is 2.00. The lowest BCUT2D eigenvalue weighted by atomic mass is 10.1. The van der Waals surface area contributed by atoms with Crippen molar-refractivity contribution in [3.05, 3.63) is 24.0 Å². The number of hydrogen-bond acceptors (Lipinski definition) is 2. The van der Waals surface area contributed by atoms with Crippen molar-refractivity contribution in [3.8, 4) is 0 Å². The molecule has 0 aliphatic rings. The van der Waals surface area contributed by atoms with E-state index in [-0.39, 0.29) is 12.2 Å². The minimum Gasteiger partial charge on any atom is -0.382 e. The molecular weight excluding hydrogens is 176 g/mol. The molecule has 0 saturated carbocycles. The van der Waals surface area contributed by atoms with Crippen molar-refractivity contribution < 1.29 is 0 Å². The smallest absolute Gasteiger partial charge is 0.143 e. The van der Waals surface area contributed by atoms with Crippen LogP contribution in [0.5, 0.6) is 0 Å². The maximum Gasteiger partial charge on any atom is 0.143 e. The van der Waals surface area contributed by atoms with Crippen LogP contribution in [0.25, 0.3) is 0 Å². The number of nitrogens with zero attached hydrogens (tertiary/aromatic N) is 2. The van der Waals surface area contributed by atoms with Crippen LogP contribution in [0, 0.1) is 0 Å². The Bertz CT molecular complexity index is 330. The Kier molecular flexibility index (Phi) is 2.96. The van der Waals surface area contributed by atoms with E-state index >= 15 is 0 Å². The molecule has 1 rings (SSSR count). The molecule has 0 bridgehead atoms. The lowest BCUT2D eigenvalue weighted by Gasteiger charge is -2.24. The van der Waals surface area contributed by atoms with Gasteiger partial charge in [0.05, 0.1) is 12.4 Å². The zero-order valence-electron chi connectivity index (χ0n) is 8.99. The zero-order chi connectivity index (χ0) is 10.8. The van der Waals surface area contributed by atoms with Crippen molar-refractivity contribution in [2.24, 2.45) is 16.5 Å². The molecule has 1 aromatic rings. The van der Waals surface area contributed by atoms with E-state index in [4.69, 9.17) is 11.5 Å². The maximum atomic E-state index is 5.80. The highest BCUT2D eigenvalue weighted by molar-refractivity contribution is 5.96. The van der Waals surface area contributed by atoms with Gasteiger partial charge in [0.15, 0.2) is 0 Å². The Morgan fingerprint density at radius 3 is 2.64 bits per heavy atom. The molecule has 14 heavy (non-hydrogen) atoms. The molecule has 1 heterocycles. The van der Waals surface area contributed by atoms with E-state index in [9.17, 15) is 0 Å². The quantitative estimate of drug-likeness (QED) is 0.541. The monoisotopic (exact) mass is 194 g/mol. The van der Waals surface area contributed by atoms with Crippen LogP contribution in [0.3, 0.4) is 0 Å². The third kappa shape index (κ3) is 2.14. The minimum absolute atomic E-state index is 0.00751. The molecule has 4 N–H and O–H groups in total. The third-order valence-electron chi connectivity index (χ3n) is 2.00. The summed E-state index contributed by atoms with van der Waals surface area (Å²) in [5.74, 6) is 0.493. The average molecular weight is 194 g/mol. The van der Waals surface area contributed by atoms with Gasteiger partial charge in [-0.05, 0) is 32.9 Å². The van der Waals surface area contributed by atoms with Gasteiger partial charge in [-0.15, -0.1) is 0 Å². The molecule has 0 radical (unpaired) electrons. The van der Waals surface area contributed by atoms with Gasteiger partial charge >= 0.3 is 0 Å². The van der Waals surface area contributed by atoms with Crippen molar-refractivity contribution in [2.45, 2.75) is 26.3 Å². The fourth-order valence-electron chi connectivity index (χ4n) is 1.35. The second-order valence-electron chi connectivity index (χ2n) is 4.16. The van der Waals surface area contributed by atoms with Gasteiger partial charge < -0.3 is 16.0 Å². The predicted octanol–water partition coefficient (Wildman–Crippen LogP) is 0.865. The molecule has 0 spiro atoms. The van der Waals surface area contributed by atoms with Gasteiger partial charge in [0, 0.05) is 11.7 Å². The number of hydrogen-bond donors (Lipinski definition) is 2. The van der Waals surface area contributed by atoms with Gasteiger partial charge in [-0.3, -0.25) is 4.99 Å². The first-order valence-electron chi connectivity index (χ1n) is 4.65. The molecule has 0 unspecified atom stereocenters. The summed E-state index contributed by atoms with van der Waals surface area (Å²) in [6, 6.07) is 3.90. The minimum atomic E-state index is 0.00751. The summed E-state index contributed by atoms with van der Waals surface area (Å²) in [4.78, 5) is 3.99. The van der Waals surface area contributed by atoms with E-state index < -0.39 is 0 Å². The van der Waals surface area contributed by atoms with Gasteiger partial charge in [0.1, 0.15) is 5.84 Å². The number of aromatic nitrogens is 1. The molecule has 0 fully saturated rings. The first-order chi connectivity index (χ1) is 6.46. The molecule has 0 aliphatic carbocycles. The summed E-state index contributed by atoms with van der Waals surface area (Å²) in [5.41, 5.74) is 12.0. The molecule has 4 heteroatoms. The fraction of sp³-hybridized carbons (Fsp3) is 0.500. The van der Waals surface area contributed by atoms with Crippen LogP contribution in [-0.2, 0) is 5.54 Å². The Morgan fingerprint density at radius 1 is 1.50 bits per heavy atom. The predicted molar refractivity (Wildman–Crippen MR) is 59.2 cm³/mol. The Morgan fingerprint density at radius 2 is 2.14 bits per heavy atom. The summed E-state index contributed by atoms with van der Waals surface area (Å²) >= 11 is 0. The van der Waals surface area contributed by atoms with Crippen molar-refractivity contribution in [1.82, 2.24) is 4.57 Å². The second-order valence-corrected chi connectivity index (χ2v) is 4.16. The van der Waals surface area contributed by atoms with Gasteiger partial charge in [-0.2, -0.15) is 0 Å². The number of rotatable bonds is 2. The van der Waals surface area contributed by atoms with Crippen molar-refractivity contribution in [2.75, 3.05) is 6.67 Å². The molecule has 0 aromatic carbocycles. The van der Waals surface area contributed by atoms with Gasteiger partial charge in [0.25, 0.3) is 0 Å². The van der Waals surface area contributed by atoms with Gasteiger partial charge in [0.2, 0.25) is 0 Å². The normalized spacial score (nSPS) is 13.3. The summed E-state index contributed by atoms with van der Waals surface area (Å²) in [6.07, 6.45) is 1.99. The summed E-state index contributed by atoms with van der Waals surface area (Å²) in [7, 11) is 0. The highest BCUT2D eigenvalue weighted by atomic mass is 15.1. The molecule has 78 valence electrons. The SMILES string of the molecule is CC(C)(C)n1cccc1C(N)=NCN. The number of nitrogens with two attached hydrogens (primary N) is 2. The van der Waals surface area contributed by atoms with Crippen LogP contribution < -0.4 is 11.5 Å². The van der Waals surface area contributed by atoms with E-state index in [1.54, 1.807) is 0 Å². The molecule has 0 atom stereocenters. The molecular formula is C10H18N4. The fourth-order valence-corrected chi connectivity index (χ4v) is 1.35. The van der Waals surface area contributed by atoms with E-state index in [1.807, 2.05) is 18.3 Å². The number of amidine groups is 1. The molecule has 0 aliphatic heterocycles. The Hall–Kier alpha value is -1.29. The Labute approximate surface area is 84.6 Å². The first-order valence-corrected chi connectivity index (χ1v) is 4.65. The van der Waals surface area contributed by atoms with Crippen molar-refractivity contribution >= 4 is 5.84 Å². The van der Waals surface area contributed by atoms with Crippen LogP contribution >= 0.6 is 0 Å². The summed E-state index contributed by atoms with van der Waals surface area (Å²) < 4.78 is 2.08. The van der Waals surface area contributed by atoms with E-state index in [0.29, 0.717) is 5.84 Å². The first kappa shape index (κ1) is 10.8. The summed E-state index contributed by atoms with van der Waals surface area (Å²) in [5, 5.41) is 0. The topological polar surface area (TPSA) is 69.3 Å². The van der Waals surface area contributed by atoms with Gasteiger partial charge in [-0.1, -0.05) is 0 Å². The van der Waals surface area contributed by atoms with E-state index in [0.717, 1.165) is 5.69 Å². The van der Waals surface area contributed by atoms with Gasteiger partial charge in [-0.25, -0.2) is 0 Å². The van der Waals surface area contributed by atoms with Crippen molar-refractivity contribution in [1.29, 1.82) is 0 Å². The van der Waals surface area contributed by atoms with Crippen LogP contribution in [0.4, 0.5) is 0 Å². The van der Waals surface area contributed by atoms with E-state index in [2.05, 4.69) is 30.3 Å². The standard InChI is InChI=1S/C10H18N4/c1-10(2,3)14-6-4-5-8(14)9(12)13-7-11/h4-6H,7,11H2,1-3H3,(H2,12,13). The number of aliphatic imine (C=N–C) groups is 1. The maximum absolute atomic E-state index is 5.80. The highest BCUT2D eigenvalue weighted by Gasteiger charge is 2.16. The van der Waals surface area contributed by atoms with Crippen LogP contribution in [-0.4, -0.2) is 17.1 Å². The van der Waals surface area contributed by atoms with E-state index in [1.165, 1.54) is 0 Å². The Balaban J connectivity index is 3.11. The lowest BCUT2D eigenvalue weighted by Crippen LogP contribution is -2.28. The molecule has 0 saturated heterocycles. The molecule has 0 amide bonds. The molecule has 4 nitrogen and oxygen atoms in total. The molecule has 1 aromatic heterocycles. The second kappa shape index (κ2) is 3.84.